The van der Waals surface area contributed by atoms with E-state index in [4.69, 9.17) is 12.6 Å². The van der Waals surface area contributed by atoms with Gasteiger partial charge in [0.25, 0.3) is 0 Å². The number of amides is 2. The van der Waals surface area contributed by atoms with Crippen LogP contribution < -0.4 is 0 Å². The van der Waals surface area contributed by atoms with Crippen LogP contribution in [0.1, 0.15) is 77.0 Å². The van der Waals surface area contributed by atoms with Crippen molar-refractivity contribution in [2.45, 2.75) is 82.3 Å². The topological polar surface area (TPSA) is 40.6 Å². The van der Waals surface area contributed by atoms with E-state index in [-0.39, 0.29) is 16.1 Å². The van der Waals surface area contributed by atoms with E-state index in [1.807, 2.05) is 0 Å². The molecule has 0 aromatic carbocycles. The SMILES string of the molecule is O=C(N1CC(S)CN(C(=O)C23CC4CC(CC(C4)C2)C3)C1)C12CC3CC(CC(C3)C1)C2. The van der Waals surface area contributed by atoms with Crippen LogP contribution in [-0.4, -0.2) is 46.6 Å². The van der Waals surface area contributed by atoms with Crippen molar-refractivity contribution in [1.82, 2.24) is 9.80 Å². The van der Waals surface area contributed by atoms with E-state index in [2.05, 4.69) is 9.80 Å². The summed E-state index contributed by atoms with van der Waals surface area (Å²) in [5.41, 5.74) is -0.232. The van der Waals surface area contributed by atoms with E-state index in [9.17, 15) is 9.59 Å². The molecule has 170 valence electrons. The Labute approximate surface area is 192 Å². The van der Waals surface area contributed by atoms with Crippen LogP contribution in [0.15, 0.2) is 0 Å². The van der Waals surface area contributed by atoms with Gasteiger partial charge in [0.1, 0.15) is 0 Å². The second-order valence-electron chi connectivity index (χ2n) is 13.2. The molecule has 4 nitrogen and oxygen atoms in total. The average Bonchev–Trinajstić information content (AvgIpc) is 2.70. The van der Waals surface area contributed by atoms with Crippen molar-refractivity contribution in [3.8, 4) is 0 Å². The molecule has 31 heavy (non-hydrogen) atoms. The van der Waals surface area contributed by atoms with Crippen molar-refractivity contribution >= 4 is 24.4 Å². The summed E-state index contributed by atoms with van der Waals surface area (Å²) >= 11 is 4.84. The van der Waals surface area contributed by atoms with Gasteiger partial charge in [0.05, 0.1) is 17.5 Å². The third-order valence-corrected chi connectivity index (χ3v) is 11.1. The molecule has 8 aliphatic carbocycles. The minimum atomic E-state index is -0.116. The quantitative estimate of drug-likeness (QED) is 0.646. The maximum absolute atomic E-state index is 14.0. The normalized spacial score (nSPS) is 52.1. The van der Waals surface area contributed by atoms with Crippen LogP contribution >= 0.6 is 12.6 Å². The first kappa shape index (κ1) is 19.7. The van der Waals surface area contributed by atoms with Gasteiger partial charge in [-0.3, -0.25) is 9.59 Å². The standard InChI is InChI=1S/C26H38N2O2S/c29-23(25-7-16-1-17(8-25)3-18(2-16)9-25)27-13-22(31)14-28(15-27)24(30)26-10-19-4-20(11-26)6-21(5-19)12-26/h16-22,31H,1-15H2. The van der Waals surface area contributed by atoms with E-state index in [1.165, 1.54) is 38.5 Å². The fourth-order valence-corrected chi connectivity index (χ4v) is 11.0. The van der Waals surface area contributed by atoms with Crippen LogP contribution in [0, 0.1) is 46.3 Å². The molecule has 9 rings (SSSR count). The van der Waals surface area contributed by atoms with Gasteiger partial charge in [-0.05, 0) is 113 Å². The molecular formula is C26H38N2O2S. The van der Waals surface area contributed by atoms with E-state index < -0.39 is 0 Å². The van der Waals surface area contributed by atoms with Crippen molar-refractivity contribution in [1.29, 1.82) is 0 Å². The molecule has 5 heteroatoms. The highest BCUT2D eigenvalue weighted by Gasteiger charge is 2.58. The maximum atomic E-state index is 14.0. The van der Waals surface area contributed by atoms with E-state index >= 15 is 0 Å². The summed E-state index contributed by atoms with van der Waals surface area (Å²) in [6.07, 6.45) is 14.8. The number of thiol groups is 1. The summed E-state index contributed by atoms with van der Waals surface area (Å²) in [7, 11) is 0. The van der Waals surface area contributed by atoms with Crippen molar-refractivity contribution in [2.75, 3.05) is 19.8 Å². The Morgan fingerprint density at radius 2 is 0.871 bits per heavy atom. The molecule has 0 atom stereocenters. The van der Waals surface area contributed by atoms with Crippen LogP contribution in [0.2, 0.25) is 0 Å². The summed E-state index contributed by atoms with van der Waals surface area (Å²) in [5.74, 6) is 5.39. The molecule has 0 N–H and O–H groups in total. The van der Waals surface area contributed by atoms with Gasteiger partial charge < -0.3 is 9.80 Å². The molecule has 0 aromatic heterocycles. The van der Waals surface area contributed by atoms with Gasteiger partial charge in [0.15, 0.2) is 0 Å². The molecule has 0 unspecified atom stereocenters. The minimum Gasteiger partial charge on any atom is -0.323 e. The fraction of sp³-hybridized carbons (Fsp3) is 0.923. The summed E-state index contributed by atoms with van der Waals surface area (Å²) < 4.78 is 0. The predicted molar refractivity (Wildman–Crippen MR) is 122 cm³/mol. The van der Waals surface area contributed by atoms with Gasteiger partial charge in [-0.25, -0.2) is 0 Å². The molecule has 9 aliphatic rings. The van der Waals surface area contributed by atoms with E-state index in [0.717, 1.165) is 74.0 Å². The Balaban J connectivity index is 1.12. The second-order valence-corrected chi connectivity index (χ2v) is 14.0. The van der Waals surface area contributed by atoms with Gasteiger partial charge in [-0.1, -0.05) is 0 Å². The number of rotatable bonds is 2. The third kappa shape index (κ3) is 3.00. The first-order valence-corrected chi connectivity index (χ1v) is 13.7. The van der Waals surface area contributed by atoms with Crippen LogP contribution in [0.5, 0.6) is 0 Å². The molecule has 0 spiro atoms. The van der Waals surface area contributed by atoms with Gasteiger partial charge in [-0.2, -0.15) is 12.6 Å². The molecular weight excluding hydrogens is 404 g/mol. The van der Waals surface area contributed by atoms with Gasteiger partial charge in [0, 0.05) is 18.3 Å². The number of carbonyl (C=O) groups is 2. The second kappa shape index (κ2) is 6.67. The fourth-order valence-electron chi connectivity index (χ4n) is 10.6. The Bertz CT molecular complexity index is 675. The lowest BCUT2D eigenvalue weighted by Crippen LogP contribution is -2.63. The molecule has 0 radical (unpaired) electrons. The van der Waals surface area contributed by atoms with E-state index in [1.54, 1.807) is 0 Å². The summed E-state index contributed by atoms with van der Waals surface area (Å²) in [6, 6.07) is 0. The summed E-state index contributed by atoms with van der Waals surface area (Å²) in [5, 5.41) is 0.0875. The maximum Gasteiger partial charge on any atom is 0.230 e. The lowest BCUT2D eigenvalue weighted by atomic mass is 9.49. The molecule has 1 heterocycles. The Kier molecular flexibility index (Phi) is 4.24. The van der Waals surface area contributed by atoms with Crippen molar-refractivity contribution in [3.05, 3.63) is 0 Å². The Morgan fingerprint density at radius 1 is 0.581 bits per heavy atom. The lowest BCUT2D eigenvalue weighted by molar-refractivity contribution is -0.170. The predicted octanol–water partition coefficient (Wildman–Crippen LogP) is 4.35. The van der Waals surface area contributed by atoms with Gasteiger partial charge >= 0.3 is 0 Å². The molecule has 0 aromatic rings. The monoisotopic (exact) mass is 442 g/mol. The first-order chi connectivity index (χ1) is 14.9. The number of nitrogens with zero attached hydrogens (tertiary/aromatic N) is 2. The molecule has 1 saturated heterocycles. The summed E-state index contributed by atoms with van der Waals surface area (Å²) in [4.78, 5) is 32.1. The smallest absolute Gasteiger partial charge is 0.230 e. The molecule has 2 amide bonds. The highest BCUT2D eigenvalue weighted by molar-refractivity contribution is 7.81. The van der Waals surface area contributed by atoms with Gasteiger partial charge in [-0.15, -0.1) is 0 Å². The number of hydrogen-bond acceptors (Lipinski definition) is 3. The summed E-state index contributed by atoms with van der Waals surface area (Å²) in [6.45, 7) is 1.96. The van der Waals surface area contributed by atoms with E-state index in [0.29, 0.717) is 31.6 Å². The number of hydrogen-bond donors (Lipinski definition) is 1. The highest BCUT2D eigenvalue weighted by Crippen LogP contribution is 2.62. The van der Waals surface area contributed by atoms with Crippen molar-refractivity contribution < 1.29 is 9.59 Å². The van der Waals surface area contributed by atoms with Crippen molar-refractivity contribution in [3.63, 3.8) is 0 Å². The Hall–Kier alpha value is -0.710. The molecule has 1 aliphatic heterocycles. The first-order valence-electron chi connectivity index (χ1n) is 13.2. The van der Waals surface area contributed by atoms with Crippen LogP contribution in [-0.2, 0) is 9.59 Å². The molecule has 9 fully saturated rings. The molecule has 8 bridgehead atoms. The largest absolute Gasteiger partial charge is 0.323 e. The van der Waals surface area contributed by atoms with Crippen LogP contribution in [0.3, 0.4) is 0 Å². The lowest BCUT2D eigenvalue weighted by Gasteiger charge is -2.58. The Morgan fingerprint density at radius 3 is 1.16 bits per heavy atom. The average molecular weight is 443 g/mol. The highest BCUT2D eigenvalue weighted by atomic mass is 32.1. The zero-order chi connectivity index (χ0) is 21.0. The van der Waals surface area contributed by atoms with Crippen molar-refractivity contribution in [2.24, 2.45) is 46.3 Å². The molecule has 8 saturated carbocycles. The zero-order valence-corrected chi connectivity index (χ0v) is 19.7. The van der Waals surface area contributed by atoms with Crippen LogP contribution in [0.25, 0.3) is 0 Å². The number of carbonyl (C=O) groups excluding carboxylic acids is 2. The van der Waals surface area contributed by atoms with Crippen LogP contribution in [0.4, 0.5) is 0 Å². The zero-order valence-electron chi connectivity index (χ0n) is 18.8. The third-order valence-electron chi connectivity index (χ3n) is 10.8. The van der Waals surface area contributed by atoms with Gasteiger partial charge in [0.2, 0.25) is 11.8 Å². The minimum absolute atomic E-state index is 0.0875.